The Morgan fingerprint density at radius 2 is 2.39 bits per heavy atom. The molecule has 0 aliphatic carbocycles. The van der Waals surface area contributed by atoms with Gasteiger partial charge in [0, 0.05) is 23.9 Å². The fourth-order valence-corrected chi connectivity index (χ4v) is 2.40. The van der Waals surface area contributed by atoms with E-state index in [1.807, 2.05) is 6.07 Å². The van der Waals surface area contributed by atoms with Crippen molar-refractivity contribution < 1.29 is 4.92 Å². The number of piperidine rings is 1. The molecule has 5 nitrogen and oxygen atoms in total. The lowest BCUT2D eigenvalue weighted by atomic mass is 9.92. The van der Waals surface area contributed by atoms with Gasteiger partial charge in [-0.25, -0.2) is 0 Å². The van der Waals surface area contributed by atoms with Crippen molar-refractivity contribution in [3.8, 4) is 0 Å². The van der Waals surface area contributed by atoms with Crippen molar-refractivity contribution >= 4 is 11.4 Å². The zero-order valence-electron chi connectivity index (χ0n) is 10.6. The first-order valence-corrected chi connectivity index (χ1v) is 6.38. The molecule has 1 aliphatic rings. The largest absolute Gasteiger partial charge is 0.382 e. The first-order chi connectivity index (χ1) is 8.66. The van der Waals surface area contributed by atoms with Gasteiger partial charge in [-0.15, -0.1) is 0 Å². The van der Waals surface area contributed by atoms with Crippen LogP contribution in [0.15, 0.2) is 24.3 Å². The van der Waals surface area contributed by atoms with E-state index in [0.29, 0.717) is 12.0 Å². The van der Waals surface area contributed by atoms with Crippen LogP contribution in [-0.4, -0.2) is 24.1 Å². The molecule has 2 unspecified atom stereocenters. The van der Waals surface area contributed by atoms with E-state index in [2.05, 4.69) is 17.6 Å². The second-order valence-corrected chi connectivity index (χ2v) is 4.85. The van der Waals surface area contributed by atoms with Crippen LogP contribution in [0.4, 0.5) is 11.4 Å². The van der Waals surface area contributed by atoms with Crippen LogP contribution in [0.2, 0.25) is 0 Å². The van der Waals surface area contributed by atoms with Gasteiger partial charge in [-0.3, -0.25) is 10.1 Å². The minimum absolute atomic E-state index is 0.133. The summed E-state index contributed by atoms with van der Waals surface area (Å²) in [6.45, 7) is 4.25. The quantitative estimate of drug-likeness (QED) is 0.635. The highest BCUT2D eigenvalue weighted by Crippen LogP contribution is 2.21. The molecular weight excluding hydrogens is 230 g/mol. The zero-order valence-corrected chi connectivity index (χ0v) is 10.6. The van der Waals surface area contributed by atoms with Crippen molar-refractivity contribution in [3.63, 3.8) is 0 Å². The lowest BCUT2D eigenvalue weighted by Gasteiger charge is -2.29. The van der Waals surface area contributed by atoms with Crippen molar-refractivity contribution in [1.29, 1.82) is 0 Å². The molecule has 1 saturated heterocycles. The van der Waals surface area contributed by atoms with Crippen molar-refractivity contribution in [2.45, 2.75) is 25.8 Å². The van der Waals surface area contributed by atoms with E-state index in [9.17, 15) is 10.1 Å². The molecule has 18 heavy (non-hydrogen) atoms. The third kappa shape index (κ3) is 3.20. The lowest BCUT2D eigenvalue weighted by Crippen LogP contribution is -2.38. The summed E-state index contributed by atoms with van der Waals surface area (Å²) in [5.41, 5.74) is 0.955. The Kier molecular flexibility index (Phi) is 4.15. The van der Waals surface area contributed by atoms with E-state index < -0.39 is 0 Å². The number of anilines is 1. The third-order valence-corrected chi connectivity index (χ3v) is 3.49. The van der Waals surface area contributed by atoms with E-state index in [-0.39, 0.29) is 10.6 Å². The second-order valence-electron chi connectivity index (χ2n) is 4.85. The van der Waals surface area contributed by atoms with E-state index >= 15 is 0 Å². The normalized spacial score (nSPS) is 21.3. The Morgan fingerprint density at radius 3 is 3.06 bits per heavy atom. The van der Waals surface area contributed by atoms with E-state index in [1.54, 1.807) is 12.1 Å². The van der Waals surface area contributed by atoms with Crippen LogP contribution in [0.1, 0.15) is 19.8 Å². The minimum Gasteiger partial charge on any atom is -0.382 e. The highest BCUT2D eigenvalue weighted by molar-refractivity contribution is 5.51. The summed E-state index contributed by atoms with van der Waals surface area (Å²) < 4.78 is 0. The third-order valence-electron chi connectivity index (χ3n) is 3.49. The van der Waals surface area contributed by atoms with Crippen molar-refractivity contribution in [1.82, 2.24) is 5.32 Å². The second kappa shape index (κ2) is 5.82. The molecule has 0 radical (unpaired) electrons. The Hall–Kier alpha value is -1.62. The molecule has 0 bridgehead atoms. The Morgan fingerprint density at radius 1 is 1.56 bits per heavy atom. The maximum atomic E-state index is 10.7. The van der Waals surface area contributed by atoms with E-state index in [4.69, 9.17) is 0 Å². The summed E-state index contributed by atoms with van der Waals surface area (Å²) in [7, 11) is 0. The molecule has 1 aromatic rings. The average molecular weight is 249 g/mol. The SMILES string of the molecule is CC(Nc1cccc([N+](=O)[O-])c1)C1CCCNC1. The number of nitro groups is 1. The summed E-state index contributed by atoms with van der Waals surface area (Å²) in [6.07, 6.45) is 2.40. The molecule has 98 valence electrons. The zero-order chi connectivity index (χ0) is 13.0. The average Bonchev–Trinajstić information content (AvgIpc) is 2.40. The predicted molar refractivity (Wildman–Crippen MR) is 71.8 cm³/mol. The lowest BCUT2D eigenvalue weighted by molar-refractivity contribution is -0.384. The number of benzene rings is 1. The van der Waals surface area contributed by atoms with Crippen LogP contribution < -0.4 is 10.6 Å². The van der Waals surface area contributed by atoms with Crippen LogP contribution in [-0.2, 0) is 0 Å². The molecule has 1 heterocycles. The summed E-state index contributed by atoms with van der Waals surface area (Å²) in [5.74, 6) is 0.581. The molecule has 1 aromatic carbocycles. The van der Waals surface area contributed by atoms with Gasteiger partial charge in [-0.05, 0) is 44.8 Å². The monoisotopic (exact) mass is 249 g/mol. The van der Waals surface area contributed by atoms with Crippen molar-refractivity contribution in [2.24, 2.45) is 5.92 Å². The number of rotatable bonds is 4. The van der Waals surface area contributed by atoms with Crippen LogP contribution in [0.25, 0.3) is 0 Å². The van der Waals surface area contributed by atoms with E-state index in [1.165, 1.54) is 18.9 Å². The van der Waals surface area contributed by atoms with Gasteiger partial charge in [-0.1, -0.05) is 6.07 Å². The molecule has 0 saturated carbocycles. The molecular formula is C13H19N3O2. The molecule has 0 spiro atoms. The number of hydrogen-bond acceptors (Lipinski definition) is 4. The molecule has 2 rings (SSSR count). The smallest absolute Gasteiger partial charge is 0.271 e. The first-order valence-electron chi connectivity index (χ1n) is 6.38. The fraction of sp³-hybridized carbons (Fsp3) is 0.538. The summed E-state index contributed by atoms with van der Waals surface area (Å²) in [5, 5.41) is 17.5. The molecule has 2 atom stereocenters. The summed E-state index contributed by atoms with van der Waals surface area (Å²) in [4.78, 5) is 10.3. The topological polar surface area (TPSA) is 67.2 Å². The highest BCUT2D eigenvalue weighted by Gasteiger charge is 2.19. The molecule has 0 amide bonds. The maximum Gasteiger partial charge on any atom is 0.271 e. The summed E-state index contributed by atoms with van der Waals surface area (Å²) >= 11 is 0. The summed E-state index contributed by atoms with van der Waals surface area (Å²) in [6, 6.07) is 7.01. The van der Waals surface area contributed by atoms with E-state index in [0.717, 1.165) is 18.8 Å². The van der Waals surface area contributed by atoms with Gasteiger partial charge in [0.2, 0.25) is 0 Å². The standard InChI is InChI=1S/C13H19N3O2/c1-10(11-4-3-7-14-9-11)15-12-5-2-6-13(8-12)16(17)18/h2,5-6,8,10-11,14-15H,3-4,7,9H2,1H3. The number of nitrogens with one attached hydrogen (secondary N) is 2. The first kappa shape index (κ1) is 12.8. The highest BCUT2D eigenvalue weighted by atomic mass is 16.6. The Balaban J connectivity index is 1.99. The van der Waals surface area contributed by atoms with Gasteiger partial charge in [-0.2, -0.15) is 0 Å². The Labute approximate surface area is 107 Å². The molecule has 1 fully saturated rings. The molecule has 5 heteroatoms. The van der Waals surface area contributed by atoms with Gasteiger partial charge < -0.3 is 10.6 Å². The van der Waals surface area contributed by atoms with Crippen LogP contribution >= 0.6 is 0 Å². The van der Waals surface area contributed by atoms with Gasteiger partial charge in [0.15, 0.2) is 0 Å². The number of hydrogen-bond donors (Lipinski definition) is 2. The van der Waals surface area contributed by atoms with Gasteiger partial charge in [0.05, 0.1) is 4.92 Å². The van der Waals surface area contributed by atoms with Crippen molar-refractivity contribution in [2.75, 3.05) is 18.4 Å². The predicted octanol–water partition coefficient (Wildman–Crippen LogP) is 2.39. The number of non-ortho nitro benzene ring substituents is 1. The van der Waals surface area contributed by atoms with Crippen LogP contribution in [0, 0.1) is 16.0 Å². The number of nitrogens with zero attached hydrogens (tertiary/aromatic N) is 1. The number of nitro benzene ring substituents is 1. The van der Waals surface area contributed by atoms with Gasteiger partial charge >= 0.3 is 0 Å². The maximum absolute atomic E-state index is 10.7. The van der Waals surface area contributed by atoms with Gasteiger partial charge in [0.1, 0.15) is 0 Å². The fourth-order valence-electron chi connectivity index (χ4n) is 2.40. The van der Waals surface area contributed by atoms with Crippen molar-refractivity contribution in [3.05, 3.63) is 34.4 Å². The van der Waals surface area contributed by atoms with Gasteiger partial charge in [0.25, 0.3) is 5.69 Å². The van der Waals surface area contributed by atoms with Crippen LogP contribution in [0.3, 0.4) is 0 Å². The molecule has 1 aliphatic heterocycles. The minimum atomic E-state index is -0.363. The van der Waals surface area contributed by atoms with Crippen LogP contribution in [0.5, 0.6) is 0 Å². The Bertz CT molecular complexity index is 416. The molecule has 0 aromatic heterocycles. The molecule has 2 N–H and O–H groups in total.